The Balaban J connectivity index is 1.74. The van der Waals surface area contributed by atoms with Gasteiger partial charge in [0.15, 0.2) is 0 Å². The van der Waals surface area contributed by atoms with Crippen LogP contribution in [-0.2, 0) is 4.74 Å². The Morgan fingerprint density at radius 3 is 2.52 bits per heavy atom. The van der Waals surface area contributed by atoms with Gasteiger partial charge in [0.2, 0.25) is 0 Å². The van der Waals surface area contributed by atoms with Gasteiger partial charge in [-0.05, 0) is 13.3 Å². The molecule has 0 aromatic carbocycles. The molecule has 2 atom stereocenters. The van der Waals surface area contributed by atoms with E-state index in [1.54, 1.807) is 6.33 Å². The van der Waals surface area contributed by atoms with Crippen LogP contribution in [0.25, 0.3) is 0 Å². The lowest BCUT2D eigenvalue weighted by Gasteiger charge is -2.41. The number of hydrogen-bond donors (Lipinski definition) is 1. The van der Waals surface area contributed by atoms with Crippen molar-refractivity contribution in [3.05, 3.63) is 12.4 Å². The number of aromatic nitrogens is 2. The van der Waals surface area contributed by atoms with Gasteiger partial charge in [-0.25, -0.2) is 9.97 Å². The van der Waals surface area contributed by atoms with Gasteiger partial charge in [0.1, 0.15) is 18.0 Å². The Morgan fingerprint density at radius 1 is 1.19 bits per heavy atom. The van der Waals surface area contributed by atoms with E-state index < -0.39 is 5.60 Å². The molecule has 1 N–H and O–H groups in total. The predicted molar refractivity (Wildman–Crippen MR) is 81.7 cm³/mol. The molecule has 2 aliphatic heterocycles. The Labute approximate surface area is 125 Å². The normalized spacial score (nSPS) is 30.5. The van der Waals surface area contributed by atoms with Crippen LogP contribution in [0.3, 0.4) is 0 Å². The van der Waals surface area contributed by atoms with E-state index in [1.807, 2.05) is 6.92 Å². The van der Waals surface area contributed by atoms with E-state index >= 15 is 0 Å². The molecule has 6 heteroatoms. The summed E-state index contributed by atoms with van der Waals surface area (Å²) in [5.41, 5.74) is -0.573. The van der Waals surface area contributed by atoms with E-state index in [9.17, 15) is 5.11 Å². The molecule has 0 unspecified atom stereocenters. The largest absolute Gasteiger partial charge is 0.390 e. The first-order valence-electron chi connectivity index (χ1n) is 7.68. The van der Waals surface area contributed by atoms with Crippen molar-refractivity contribution in [2.45, 2.75) is 25.9 Å². The third kappa shape index (κ3) is 3.11. The molecule has 0 amide bonds. The highest BCUT2D eigenvalue weighted by Crippen LogP contribution is 2.30. The molecule has 116 valence electrons. The molecular weight excluding hydrogens is 268 g/mol. The van der Waals surface area contributed by atoms with Gasteiger partial charge in [-0.15, -0.1) is 0 Å². The van der Waals surface area contributed by atoms with Crippen LogP contribution >= 0.6 is 0 Å². The van der Waals surface area contributed by atoms with E-state index in [0.29, 0.717) is 0 Å². The number of aliphatic hydroxyl groups is 1. The zero-order valence-electron chi connectivity index (χ0n) is 12.8. The van der Waals surface area contributed by atoms with Crippen molar-refractivity contribution in [3.8, 4) is 0 Å². The highest BCUT2D eigenvalue weighted by molar-refractivity contribution is 5.50. The van der Waals surface area contributed by atoms with Gasteiger partial charge < -0.3 is 19.6 Å². The zero-order valence-corrected chi connectivity index (χ0v) is 12.8. The van der Waals surface area contributed by atoms with E-state index in [2.05, 4.69) is 32.8 Å². The number of nitrogens with zero attached hydrogens (tertiary/aromatic N) is 4. The second-order valence-electron chi connectivity index (χ2n) is 6.29. The maximum Gasteiger partial charge on any atom is 0.134 e. The first-order chi connectivity index (χ1) is 10.1. The van der Waals surface area contributed by atoms with E-state index in [0.717, 1.165) is 57.4 Å². The average molecular weight is 292 g/mol. The lowest BCUT2D eigenvalue weighted by atomic mass is 9.84. The van der Waals surface area contributed by atoms with Crippen molar-refractivity contribution in [2.75, 3.05) is 49.2 Å². The number of hydrogen-bond acceptors (Lipinski definition) is 6. The minimum absolute atomic E-state index is 0.230. The number of anilines is 2. The molecule has 0 radical (unpaired) electrons. The molecule has 2 aliphatic rings. The maximum absolute atomic E-state index is 10.3. The monoisotopic (exact) mass is 292 g/mol. The van der Waals surface area contributed by atoms with Gasteiger partial charge in [-0.3, -0.25) is 0 Å². The number of morpholine rings is 1. The molecule has 2 fully saturated rings. The molecule has 0 spiro atoms. The van der Waals surface area contributed by atoms with Gasteiger partial charge in [0, 0.05) is 38.2 Å². The fourth-order valence-electron chi connectivity index (χ4n) is 2.91. The Kier molecular flexibility index (Phi) is 3.99. The molecule has 2 saturated heterocycles. The lowest BCUT2D eigenvalue weighted by molar-refractivity contribution is -0.00947. The minimum Gasteiger partial charge on any atom is -0.390 e. The maximum atomic E-state index is 10.3. The van der Waals surface area contributed by atoms with Crippen molar-refractivity contribution in [3.63, 3.8) is 0 Å². The zero-order chi connectivity index (χ0) is 14.9. The van der Waals surface area contributed by atoms with Crippen LogP contribution in [-0.4, -0.2) is 60.1 Å². The van der Waals surface area contributed by atoms with Gasteiger partial charge in [-0.1, -0.05) is 6.92 Å². The van der Waals surface area contributed by atoms with Crippen LogP contribution in [0.4, 0.5) is 11.6 Å². The number of piperidine rings is 1. The van der Waals surface area contributed by atoms with E-state index in [1.165, 1.54) is 0 Å². The summed E-state index contributed by atoms with van der Waals surface area (Å²) < 4.78 is 5.38. The van der Waals surface area contributed by atoms with Gasteiger partial charge >= 0.3 is 0 Å². The Bertz CT molecular complexity index is 488. The van der Waals surface area contributed by atoms with Crippen molar-refractivity contribution in [1.82, 2.24) is 9.97 Å². The molecule has 0 bridgehead atoms. The summed E-state index contributed by atoms with van der Waals surface area (Å²) in [4.78, 5) is 13.3. The Morgan fingerprint density at radius 2 is 1.86 bits per heavy atom. The standard InChI is InChI=1S/C15H24N4O2/c1-12-10-19(4-3-15(12,2)20)14-9-13(16-11-17-14)18-5-7-21-8-6-18/h9,11-12,20H,3-8,10H2,1-2H3/t12-,15+/m1/s1. The van der Waals surface area contributed by atoms with E-state index in [4.69, 9.17) is 4.74 Å². The van der Waals surface area contributed by atoms with Crippen LogP contribution in [0.15, 0.2) is 12.4 Å². The van der Waals surface area contributed by atoms with Crippen LogP contribution in [0.5, 0.6) is 0 Å². The summed E-state index contributed by atoms with van der Waals surface area (Å²) in [6.07, 6.45) is 2.41. The van der Waals surface area contributed by atoms with Crippen LogP contribution < -0.4 is 9.80 Å². The van der Waals surface area contributed by atoms with Crippen LogP contribution in [0, 0.1) is 5.92 Å². The fraction of sp³-hybridized carbons (Fsp3) is 0.733. The average Bonchev–Trinajstić information content (AvgIpc) is 2.51. The van der Waals surface area contributed by atoms with Crippen molar-refractivity contribution in [1.29, 1.82) is 0 Å². The van der Waals surface area contributed by atoms with Crippen molar-refractivity contribution in [2.24, 2.45) is 5.92 Å². The number of ether oxygens (including phenoxy) is 1. The third-order valence-corrected chi connectivity index (χ3v) is 4.74. The topological polar surface area (TPSA) is 61.7 Å². The minimum atomic E-state index is -0.573. The first kappa shape index (κ1) is 14.5. The molecule has 0 saturated carbocycles. The summed E-state index contributed by atoms with van der Waals surface area (Å²) in [5, 5.41) is 10.3. The highest BCUT2D eigenvalue weighted by atomic mass is 16.5. The quantitative estimate of drug-likeness (QED) is 0.874. The van der Waals surface area contributed by atoms with E-state index in [-0.39, 0.29) is 5.92 Å². The fourth-order valence-corrected chi connectivity index (χ4v) is 2.91. The second kappa shape index (κ2) is 5.77. The highest BCUT2D eigenvalue weighted by Gasteiger charge is 2.35. The van der Waals surface area contributed by atoms with Crippen LogP contribution in [0.1, 0.15) is 20.3 Å². The summed E-state index contributed by atoms with van der Waals surface area (Å²) in [6, 6.07) is 2.05. The molecule has 1 aromatic heterocycles. The van der Waals surface area contributed by atoms with Crippen molar-refractivity contribution < 1.29 is 9.84 Å². The molecular formula is C15H24N4O2. The predicted octanol–water partition coefficient (Wildman–Crippen LogP) is 0.910. The second-order valence-corrected chi connectivity index (χ2v) is 6.29. The van der Waals surface area contributed by atoms with Gasteiger partial charge in [-0.2, -0.15) is 0 Å². The summed E-state index contributed by atoms with van der Waals surface area (Å²) in [7, 11) is 0. The molecule has 3 heterocycles. The Hall–Kier alpha value is -1.40. The lowest BCUT2D eigenvalue weighted by Crippen LogP contribution is -2.49. The summed E-state index contributed by atoms with van der Waals surface area (Å²) >= 11 is 0. The number of rotatable bonds is 2. The molecule has 6 nitrogen and oxygen atoms in total. The third-order valence-electron chi connectivity index (χ3n) is 4.74. The van der Waals surface area contributed by atoms with Crippen LogP contribution in [0.2, 0.25) is 0 Å². The first-order valence-corrected chi connectivity index (χ1v) is 7.68. The molecule has 0 aliphatic carbocycles. The van der Waals surface area contributed by atoms with Crippen molar-refractivity contribution >= 4 is 11.6 Å². The molecule has 1 aromatic rings. The van der Waals surface area contributed by atoms with Gasteiger partial charge in [0.25, 0.3) is 0 Å². The van der Waals surface area contributed by atoms with Gasteiger partial charge in [0.05, 0.1) is 18.8 Å². The summed E-state index contributed by atoms with van der Waals surface area (Å²) in [5.74, 6) is 2.15. The smallest absolute Gasteiger partial charge is 0.134 e. The summed E-state index contributed by atoms with van der Waals surface area (Å²) in [6.45, 7) is 8.93. The SMILES string of the molecule is C[C@@H]1CN(c2cc(N3CCOCC3)ncn2)CC[C@]1(C)O. The molecule has 3 rings (SSSR count). The molecule has 21 heavy (non-hydrogen) atoms.